The summed E-state index contributed by atoms with van der Waals surface area (Å²) in [4.78, 5) is 30.5. The van der Waals surface area contributed by atoms with Crippen molar-refractivity contribution in [3.63, 3.8) is 0 Å². The van der Waals surface area contributed by atoms with Crippen LogP contribution in [0.2, 0.25) is 0 Å². The van der Waals surface area contributed by atoms with Crippen molar-refractivity contribution in [2.45, 2.75) is 46.1 Å². The lowest BCUT2D eigenvalue weighted by molar-refractivity contribution is 0.0696. The van der Waals surface area contributed by atoms with Crippen LogP contribution in [0.1, 0.15) is 60.3 Å². The Labute approximate surface area is 225 Å². The van der Waals surface area contributed by atoms with Gasteiger partial charge >= 0.3 is 11.7 Å². The number of carboxylic acids is 1. The Balaban J connectivity index is 1.53. The molecule has 0 spiro atoms. The summed E-state index contributed by atoms with van der Waals surface area (Å²) in [5.41, 5.74) is 5.22. The molecule has 198 valence electrons. The minimum atomic E-state index is -1.06. The number of imidazole rings is 1. The number of H-pyrrole nitrogens is 1. The number of hydrogen-bond donors (Lipinski definition) is 2. The molecule has 3 heterocycles. The fraction of sp³-hybridized carbons (Fsp3) is 0.241. The molecule has 0 fully saturated rings. The first kappa shape index (κ1) is 25.8. The van der Waals surface area contributed by atoms with E-state index in [-0.39, 0.29) is 17.2 Å². The molecule has 0 saturated heterocycles. The molecule has 0 saturated carbocycles. The Hall–Kier alpha value is -4.86. The Morgan fingerprint density at radius 2 is 1.85 bits per heavy atom. The van der Waals surface area contributed by atoms with E-state index >= 15 is 0 Å². The quantitative estimate of drug-likeness (QED) is 0.286. The van der Waals surface area contributed by atoms with E-state index in [1.54, 1.807) is 29.1 Å². The summed E-state index contributed by atoms with van der Waals surface area (Å²) < 4.78 is 3.20. The van der Waals surface area contributed by atoms with Crippen LogP contribution in [0.3, 0.4) is 0 Å². The molecule has 0 amide bonds. The van der Waals surface area contributed by atoms with Crippen LogP contribution in [0.25, 0.3) is 28.3 Å². The number of aromatic nitrogens is 7. The van der Waals surface area contributed by atoms with E-state index < -0.39 is 5.97 Å². The molecule has 2 aromatic carbocycles. The summed E-state index contributed by atoms with van der Waals surface area (Å²) in [6.07, 6.45) is 5.06. The minimum Gasteiger partial charge on any atom is -0.478 e. The Bertz CT molecular complexity index is 1670. The second kappa shape index (κ2) is 10.9. The van der Waals surface area contributed by atoms with Crippen LogP contribution < -0.4 is 5.69 Å². The average molecular weight is 524 g/mol. The average Bonchev–Trinajstić information content (AvgIpc) is 3.58. The van der Waals surface area contributed by atoms with Gasteiger partial charge in [-0.2, -0.15) is 0 Å². The van der Waals surface area contributed by atoms with E-state index in [0.717, 1.165) is 40.1 Å². The first-order valence-corrected chi connectivity index (χ1v) is 12.8. The van der Waals surface area contributed by atoms with Crippen molar-refractivity contribution in [2.75, 3.05) is 0 Å². The van der Waals surface area contributed by atoms with Crippen molar-refractivity contribution in [1.82, 2.24) is 34.7 Å². The molecule has 10 heteroatoms. The summed E-state index contributed by atoms with van der Waals surface area (Å²) in [7, 11) is 0. The SMILES string of the molecule is CCCc1cn(-c2c(C(=O)O)cccc2C(C)C)c(=O)n1Cc1ccc(-c2ccccc2-c2nnn[nH]2)nc1. The smallest absolute Gasteiger partial charge is 0.337 e. The van der Waals surface area contributed by atoms with Gasteiger partial charge in [-0.15, -0.1) is 5.10 Å². The highest BCUT2D eigenvalue weighted by atomic mass is 16.4. The van der Waals surface area contributed by atoms with Gasteiger partial charge in [-0.3, -0.25) is 14.1 Å². The lowest BCUT2D eigenvalue weighted by Crippen LogP contribution is -2.26. The molecule has 0 aliphatic carbocycles. The first-order chi connectivity index (χ1) is 18.9. The largest absolute Gasteiger partial charge is 0.478 e. The Kier molecular flexibility index (Phi) is 7.18. The normalized spacial score (nSPS) is 11.3. The molecule has 39 heavy (non-hydrogen) atoms. The predicted octanol–water partition coefficient (Wildman–Crippen LogP) is 4.70. The number of para-hydroxylation sites is 1. The third kappa shape index (κ3) is 5.00. The van der Waals surface area contributed by atoms with E-state index in [2.05, 4.69) is 32.5 Å². The Morgan fingerprint density at radius 3 is 2.49 bits per heavy atom. The summed E-state index contributed by atoms with van der Waals surface area (Å²) in [5, 5.41) is 24.1. The number of hydrogen-bond acceptors (Lipinski definition) is 6. The van der Waals surface area contributed by atoms with Crippen LogP contribution in [-0.2, 0) is 13.0 Å². The number of carboxylic acid groups (broad SMARTS) is 1. The third-order valence-electron chi connectivity index (χ3n) is 6.70. The van der Waals surface area contributed by atoms with Gasteiger partial charge in [0, 0.05) is 29.2 Å². The number of nitrogens with one attached hydrogen (secondary N) is 1. The lowest BCUT2D eigenvalue weighted by Gasteiger charge is -2.15. The number of aromatic carboxylic acids is 1. The second-order valence-corrected chi connectivity index (χ2v) is 9.66. The molecule has 0 bridgehead atoms. The van der Waals surface area contributed by atoms with Gasteiger partial charge in [0.2, 0.25) is 0 Å². The zero-order chi connectivity index (χ0) is 27.5. The van der Waals surface area contributed by atoms with Crippen LogP contribution in [0.15, 0.2) is 71.8 Å². The van der Waals surface area contributed by atoms with Crippen molar-refractivity contribution >= 4 is 5.97 Å². The number of aromatic amines is 1. The molecule has 0 aliphatic rings. The molecule has 0 aliphatic heterocycles. The highest BCUT2D eigenvalue weighted by Gasteiger charge is 2.22. The molecule has 5 aromatic rings. The summed E-state index contributed by atoms with van der Waals surface area (Å²) in [6, 6.07) is 16.7. The molecule has 5 rings (SSSR count). The zero-order valence-corrected chi connectivity index (χ0v) is 22.0. The fourth-order valence-corrected chi connectivity index (χ4v) is 4.83. The lowest BCUT2D eigenvalue weighted by atomic mass is 9.97. The number of carbonyl (C=O) groups is 1. The van der Waals surface area contributed by atoms with Gasteiger partial charge in [-0.05, 0) is 46.0 Å². The predicted molar refractivity (Wildman–Crippen MR) is 147 cm³/mol. The molecule has 10 nitrogen and oxygen atoms in total. The van der Waals surface area contributed by atoms with E-state index in [1.807, 2.05) is 56.3 Å². The highest BCUT2D eigenvalue weighted by Crippen LogP contribution is 2.29. The van der Waals surface area contributed by atoms with E-state index in [9.17, 15) is 14.7 Å². The zero-order valence-electron chi connectivity index (χ0n) is 22.0. The van der Waals surface area contributed by atoms with Crippen LogP contribution in [0, 0.1) is 0 Å². The Morgan fingerprint density at radius 1 is 1.05 bits per heavy atom. The standard InChI is InChI=1S/C29H29N7O3/c1-4-8-20-17-36(26-21(18(2)3)11-7-12-24(26)28(37)38)29(39)35(20)16-19-13-14-25(30-15-19)22-9-5-6-10-23(22)27-31-33-34-32-27/h5-7,9-15,17-18H,4,8,16H2,1-3H3,(H,37,38)(H,31,32,33,34). The topological polar surface area (TPSA) is 132 Å². The van der Waals surface area contributed by atoms with Gasteiger partial charge in [0.15, 0.2) is 5.82 Å². The minimum absolute atomic E-state index is 0.0385. The van der Waals surface area contributed by atoms with Crippen molar-refractivity contribution in [2.24, 2.45) is 0 Å². The molecular weight excluding hydrogens is 494 g/mol. The fourth-order valence-electron chi connectivity index (χ4n) is 4.83. The van der Waals surface area contributed by atoms with Crippen molar-refractivity contribution in [3.05, 3.63) is 99.9 Å². The van der Waals surface area contributed by atoms with Crippen LogP contribution in [0.5, 0.6) is 0 Å². The van der Waals surface area contributed by atoms with Crippen LogP contribution in [0.4, 0.5) is 0 Å². The van der Waals surface area contributed by atoms with Gasteiger partial charge in [-0.1, -0.05) is 69.7 Å². The van der Waals surface area contributed by atoms with E-state index in [1.165, 1.54) is 4.57 Å². The highest BCUT2D eigenvalue weighted by molar-refractivity contribution is 5.92. The number of tetrazole rings is 1. The molecule has 0 atom stereocenters. The number of nitrogens with zero attached hydrogens (tertiary/aromatic N) is 6. The summed E-state index contributed by atoms with van der Waals surface area (Å²) in [5.74, 6) is -0.474. The van der Waals surface area contributed by atoms with Gasteiger partial charge in [0.05, 0.1) is 23.5 Å². The number of pyridine rings is 1. The third-order valence-corrected chi connectivity index (χ3v) is 6.70. The molecule has 3 aromatic heterocycles. The van der Waals surface area contributed by atoms with Crippen LogP contribution in [-0.4, -0.2) is 45.8 Å². The van der Waals surface area contributed by atoms with Gasteiger partial charge in [0.25, 0.3) is 0 Å². The summed E-state index contributed by atoms with van der Waals surface area (Å²) in [6.45, 7) is 6.34. The number of benzene rings is 2. The van der Waals surface area contributed by atoms with Crippen molar-refractivity contribution in [3.8, 4) is 28.3 Å². The van der Waals surface area contributed by atoms with Crippen LogP contribution >= 0.6 is 0 Å². The molecule has 0 radical (unpaired) electrons. The number of rotatable bonds is 9. The number of aryl methyl sites for hydroxylation is 1. The van der Waals surface area contributed by atoms with Crippen molar-refractivity contribution in [1.29, 1.82) is 0 Å². The molecule has 0 unspecified atom stereocenters. The molecular formula is C29H29N7O3. The molecule has 2 N–H and O–H groups in total. The van der Waals surface area contributed by atoms with Crippen molar-refractivity contribution < 1.29 is 9.90 Å². The van der Waals surface area contributed by atoms with E-state index in [4.69, 9.17) is 0 Å². The summed E-state index contributed by atoms with van der Waals surface area (Å²) >= 11 is 0. The maximum atomic E-state index is 13.8. The maximum absolute atomic E-state index is 13.8. The maximum Gasteiger partial charge on any atom is 0.337 e. The monoisotopic (exact) mass is 523 g/mol. The second-order valence-electron chi connectivity index (χ2n) is 9.66. The van der Waals surface area contributed by atoms with Gasteiger partial charge in [-0.25, -0.2) is 14.7 Å². The van der Waals surface area contributed by atoms with E-state index in [0.29, 0.717) is 24.5 Å². The van der Waals surface area contributed by atoms with Gasteiger partial charge in [0.1, 0.15) is 0 Å². The van der Waals surface area contributed by atoms with Gasteiger partial charge < -0.3 is 5.11 Å². The first-order valence-electron chi connectivity index (χ1n) is 12.8.